The Morgan fingerprint density at radius 2 is 2.19 bits per heavy atom. The normalized spacial score (nSPS) is 24.2. The van der Waals surface area contributed by atoms with Gasteiger partial charge >= 0.3 is 0 Å². The molecule has 2 fully saturated rings. The van der Waals surface area contributed by atoms with E-state index in [1.165, 1.54) is 11.5 Å². The van der Waals surface area contributed by atoms with Gasteiger partial charge in [0.05, 0.1) is 12.7 Å². The first-order chi connectivity index (χ1) is 10.1. The molecule has 0 spiro atoms. The first-order valence-corrected chi connectivity index (χ1v) is 9.02. The van der Waals surface area contributed by atoms with E-state index in [9.17, 15) is 4.79 Å². The number of rotatable bonds is 7. The van der Waals surface area contributed by atoms with E-state index in [4.69, 9.17) is 9.47 Å². The predicted octanol–water partition coefficient (Wildman–Crippen LogP) is 1.13. The van der Waals surface area contributed by atoms with Crippen LogP contribution >= 0.6 is 11.8 Å². The van der Waals surface area contributed by atoms with Crippen molar-refractivity contribution in [1.82, 2.24) is 10.2 Å². The Morgan fingerprint density at radius 1 is 1.43 bits per heavy atom. The van der Waals surface area contributed by atoms with E-state index in [1.807, 2.05) is 11.8 Å². The molecule has 2 aliphatic heterocycles. The third-order valence-corrected chi connectivity index (χ3v) is 5.09. The van der Waals surface area contributed by atoms with Crippen molar-refractivity contribution in [2.75, 3.05) is 51.0 Å². The van der Waals surface area contributed by atoms with Crippen LogP contribution < -0.4 is 5.32 Å². The van der Waals surface area contributed by atoms with Gasteiger partial charge in [0, 0.05) is 43.3 Å². The summed E-state index contributed by atoms with van der Waals surface area (Å²) in [5.74, 6) is 2.33. The predicted molar refractivity (Wildman–Crippen MR) is 85.8 cm³/mol. The summed E-state index contributed by atoms with van der Waals surface area (Å²) < 4.78 is 10.9. The maximum absolute atomic E-state index is 11.8. The Morgan fingerprint density at radius 3 is 2.86 bits per heavy atom. The highest BCUT2D eigenvalue weighted by atomic mass is 32.2. The summed E-state index contributed by atoms with van der Waals surface area (Å²) in [6.07, 6.45) is 2.32. The van der Waals surface area contributed by atoms with E-state index in [0.717, 1.165) is 32.5 Å². The fraction of sp³-hybridized carbons (Fsp3) is 0.933. The smallest absolute Gasteiger partial charge is 0.246 e. The van der Waals surface area contributed by atoms with Gasteiger partial charge in [0.2, 0.25) is 5.91 Å². The quantitative estimate of drug-likeness (QED) is 0.763. The van der Waals surface area contributed by atoms with E-state index in [-0.39, 0.29) is 24.2 Å². The molecule has 2 rings (SSSR count). The SMILES string of the molecule is CC(C)(CNC(=O)COCC1CCCO1)N1CCSCC1. The van der Waals surface area contributed by atoms with Gasteiger partial charge in [-0.3, -0.25) is 9.69 Å². The molecule has 2 heterocycles. The number of hydrogen-bond acceptors (Lipinski definition) is 5. The molecule has 1 unspecified atom stereocenters. The molecule has 1 N–H and O–H groups in total. The highest BCUT2D eigenvalue weighted by molar-refractivity contribution is 7.99. The Hall–Kier alpha value is -0.300. The van der Waals surface area contributed by atoms with Crippen molar-refractivity contribution < 1.29 is 14.3 Å². The molecule has 0 saturated carbocycles. The monoisotopic (exact) mass is 316 g/mol. The lowest BCUT2D eigenvalue weighted by Gasteiger charge is -2.40. The third kappa shape index (κ3) is 5.77. The molecule has 0 aliphatic carbocycles. The zero-order valence-corrected chi connectivity index (χ0v) is 14.0. The van der Waals surface area contributed by atoms with Gasteiger partial charge in [0.25, 0.3) is 0 Å². The fourth-order valence-corrected chi connectivity index (χ4v) is 3.61. The molecule has 0 aromatic heterocycles. The summed E-state index contributed by atoms with van der Waals surface area (Å²) in [4.78, 5) is 14.3. The Labute approximate surface area is 132 Å². The minimum atomic E-state index is -0.0348. The van der Waals surface area contributed by atoms with Crippen LogP contribution in [0.4, 0.5) is 0 Å². The number of carbonyl (C=O) groups excluding carboxylic acids is 1. The molecule has 1 atom stereocenters. The molecular weight excluding hydrogens is 288 g/mol. The van der Waals surface area contributed by atoms with Gasteiger partial charge in [-0.1, -0.05) is 0 Å². The number of hydrogen-bond donors (Lipinski definition) is 1. The van der Waals surface area contributed by atoms with Crippen LogP contribution in [-0.2, 0) is 14.3 Å². The van der Waals surface area contributed by atoms with Gasteiger partial charge in [-0.2, -0.15) is 11.8 Å². The molecule has 2 saturated heterocycles. The number of nitrogens with zero attached hydrogens (tertiary/aromatic N) is 1. The average molecular weight is 316 g/mol. The highest BCUT2D eigenvalue weighted by Gasteiger charge is 2.28. The molecule has 6 heteroatoms. The zero-order chi connectivity index (χ0) is 15.1. The molecule has 0 bridgehead atoms. The summed E-state index contributed by atoms with van der Waals surface area (Å²) >= 11 is 2.00. The molecule has 0 radical (unpaired) electrons. The van der Waals surface area contributed by atoms with Crippen molar-refractivity contribution in [1.29, 1.82) is 0 Å². The minimum Gasteiger partial charge on any atom is -0.376 e. The van der Waals surface area contributed by atoms with E-state index < -0.39 is 0 Å². The van der Waals surface area contributed by atoms with E-state index in [2.05, 4.69) is 24.1 Å². The first-order valence-electron chi connectivity index (χ1n) is 7.87. The van der Waals surface area contributed by atoms with Crippen molar-refractivity contribution in [2.24, 2.45) is 0 Å². The molecule has 0 aromatic carbocycles. The lowest BCUT2D eigenvalue weighted by atomic mass is 10.0. The number of amides is 1. The van der Waals surface area contributed by atoms with Crippen LogP contribution in [0.15, 0.2) is 0 Å². The van der Waals surface area contributed by atoms with Crippen molar-refractivity contribution >= 4 is 17.7 Å². The van der Waals surface area contributed by atoms with Crippen LogP contribution in [0.25, 0.3) is 0 Å². The Kier molecular flexibility index (Phi) is 6.79. The number of thioether (sulfide) groups is 1. The van der Waals surface area contributed by atoms with Crippen molar-refractivity contribution in [3.8, 4) is 0 Å². The number of carbonyl (C=O) groups is 1. The summed E-state index contributed by atoms with van der Waals surface area (Å²) in [5.41, 5.74) is 0.00516. The van der Waals surface area contributed by atoms with Gasteiger partial charge in [0.1, 0.15) is 6.61 Å². The van der Waals surface area contributed by atoms with Crippen molar-refractivity contribution in [2.45, 2.75) is 38.3 Å². The minimum absolute atomic E-state index is 0.00516. The molecule has 21 heavy (non-hydrogen) atoms. The van der Waals surface area contributed by atoms with Crippen molar-refractivity contribution in [3.05, 3.63) is 0 Å². The van der Waals surface area contributed by atoms with E-state index in [0.29, 0.717) is 13.2 Å². The lowest BCUT2D eigenvalue weighted by molar-refractivity contribution is -0.127. The van der Waals surface area contributed by atoms with Crippen LogP contribution in [0, 0.1) is 0 Å². The van der Waals surface area contributed by atoms with Crippen molar-refractivity contribution in [3.63, 3.8) is 0 Å². The number of ether oxygens (including phenoxy) is 2. The van der Waals surface area contributed by atoms with Crippen LogP contribution in [0.5, 0.6) is 0 Å². The molecular formula is C15H28N2O3S. The van der Waals surface area contributed by atoms with Crippen LogP contribution in [0.1, 0.15) is 26.7 Å². The Balaban J connectivity index is 1.60. The van der Waals surface area contributed by atoms with Gasteiger partial charge in [-0.15, -0.1) is 0 Å². The first kappa shape index (κ1) is 17.1. The lowest BCUT2D eigenvalue weighted by Crippen LogP contribution is -2.54. The third-order valence-electron chi connectivity index (χ3n) is 4.15. The summed E-state index contributed by atoms with van der Waals surface area (Å²) in [5, 5.41) is 2.99. The standard InChI is InChI=1S/C15H28N2O3S/c1-15(2,17-5-8-21-9-6-17)12-16-14(18)11-19-10-13-4-3-7-20-13/h13H,3-12H2,1-2H3,(H,16,18). The molecule has 0 aromatic rings. The zero-order valence-electron chi connectivity index (χ0n) is 13.2. The van der Waals surface area contributed by atoms with E-state index in [1.54, 1.807) is 0 Å². The largest absolute Gasteiger partial charge is 0.376 e. The molecule has 122 valence electrons. The summed E-state index contributed by atoms with van der Waals surface area (Å²) in [6.45, 7) is 8.73. The van der Waals surface area contributed by atoms with Gasteiger partial charge in [0.15, 0.2) is 0 Å². The molecule has 1 amide bonds. The highest BCUT2D eigenvalue weighted by Crippen LogP contribution is 2.19. The second-order valence-electron chi connectivity index (χ2n) is 6.34. The topological polar surface area (TPSA) is 50.8 Å². The van der Waals surface area contributed by atoms with Crippen LogP contribution in [-0.4, -0.2) is 73.4 Å². The average Bonchev–Trinajstić information content (AvgIpc) is 2.99. The molecule has 2 aliphatic rings. The summed E-state index contributed by atoms with van der Waals surface area (Å²) in [7, 11) is 0. The maximum Gasteiger partial charge on any atom is 0.246 e. The Bertz CT molecular complexity index is 327. The second kappa shape index (κ2) is 8.36. The van der Waals surface area contributed by atoms with Crippen LogP contribution in [0.3, 0.4) is 0 Å². The maximum atomic E-state index is 11.8. The van der Waals surface area contributed by atoms with Crippen LogP contribution in [0.2, 0.25) is 0 Å². The van der Waals surface area contributed by atoms with Gasteiger partial charge in [-0.05, 0) is 26.7 Å². The number of nitrogens with one attached hydrogen (secondary N) is 1. The van der Waals surface area contributed by atoms with E-state index >= 15 is 0 Å². The summed E-state index contributed by atoms with van der Waals surface area (Å²) in [6, 6.07) is 0. The fourth-order valence-electron chi connectivity index (χ4n) is 2.71. The van der Waals surface area contributed by atoms with Gasteiger partial charge < -0.3 is 14.8 Å². The van der Waals surface area contributed by atoms with Gasteiger partial charge in [-0.25, -0.2) is 0 Å². The second-order valence-corrected chi connectivity index (χ2v) is 7.56. The molecule has 5 nitrogen and oxygen atoms in total.